The molecule has 10 heteroatoms. The largest absolute Gasteiger partial charge is 0.465 e. The predicted molar refractivity (Wildman–Crippen MR) is 104 cm³/mol. The number of carbonyl (C=O) groups excluding carboxylic acids is 3. The van der Waals surface area contributed by atoms with E-state index in [-0.39, 0.29) is 11.3 Å². The predicted octanol–water partition coefficient (Wildman–Crippen LogP) is 2.24. The summed E-state index contributed by atoms with van der Waals surface area (Å²) in [7, 11) is 4.60. The fraction of sp³-hybridized carbons (Fsp3) is 0.211. The van der Waals surface area contributed by atoms with Gasteiger partial charge in [0.15, 0.2) is 6.61 Å². The molecule has 0 aliphatic rings. The first-order chi connectivity index (χ1) is 13.7. The van der Waals surface area contributed by atoms with Gasteiger partial charge in [0.1, 0.15) is 0 Å². The van der Waals surface area contributed by atoms with Gasteiger partial charge in [-0.3, -0.25) is 14.9 Å². The highest BCUT2D eigenvalue weighted by Gasteiger charge is 2.20. The van der Waals surface area contributed by atoms with Crippen LogP contribution in [0, 0.1) is 10.1 Å². The zero-order valence-electron chi connectivity index (χ0n) is 16.0. The lowest BCUT2D eigenvalue weighted by atomic mass is 10.1. The lowest BCUT2D eigenvalue weighted by molar-refractivity contribution is -0.384. The zero-order valence-corrected chi connectivity index (χ0v) is 16.0. The molecule has 0 radical (unpaired) electrons. The lowest BCUT2D eigenvalue weighted by Crippen LogP contribution is -2.22. The Balaban J connectivity index is 2.03. The molecule has 2 aromatic rings. The minimum absolute atomic E-state index is 0.0283. The summed E-state index contributed by atoms with van der Waals surface area (Å²) in [6, 6.07) is 9.74. The first-order valence-corrected chi connectivity index (χ1v) is 8.34. The number of hydrogen-bond acceptors (Lipinski definition) is 8. The number of esters is 2. The maximum atomic E-state index is 12.4. The molecule has 0 aliphatic carbocycles. The molecule has 29 heavy (non-hydrogen) atoms. The number of nitro benzene ring substituents is 1. The van der Waals surface area contributed by atoms with Crippen LogP contribution >= 0.6 is 0 Å². The molecule has 0 spiro atoms. The third-order valence-corrected chi connectivity index (χ3v) is 3.82. The van der Waals surface area contributed by atoms with Crippen molar-refractivity contribution >= 4 is 34.9 Å². The molecule has 1 amide bonds. The van der Waals surface area contributed by atoms with E-state index in [0.29, 0.717) is 16.9 Å². The van der Waals surface area contributed by atoms with Gasteiger partial charge in [-0.15, -0.1) is 0 Å². The molecular formula is C19H19N3O7. The molecule has 2 rings (SSSR count). The van der Waals surface area contributed by atoms with Crippen LogP contribution in [0.15, 0.2) is 42.5 Å². The van der Waals surface area contributed by atoms with Crippen LogP contribution in [0.2, 0.25) is 0 Å². The van der Waals surface area contributed by atoms with Crippen LogP contribution in [-0.4, -0.2) is 50.6 Å². The number of nitrogens with one attached hydrogen (secondary N) is 1. The molecule has 0 unspecified atom stereocenters. The Morgan fingerprint density at radius 1 is 1.07 bits per heavy atom. The van der Waals surface area contributed by atoms with Crippen molar-refractivity contribution in [1.29, 1.82) is 0 Å². The van der Waals surface area contributed by atoms with E-state index in [0.717, 1.165) is 6.07 Å². The van der Waals surface area contributed by atoms with E-state index in [1.807, 2.05) is 0 Å². The highest BCUT2D eigenvalue weighted by Crippen LogP contribution is 2.25. The molecule has 10 nitrogen and oxygen atoms in total. The maximum absolute atomic E-state index is 12.4. The Morgan fingerprint density at radius 3 is 2.28 bits per heavy atom. The van der Waals surface area contributed by atoms with Gasteiger partial charge in [0, 0.05) is 31.9 Å². The van der Waals surface area contributed by atoms with Gasteiger partial charge in [0.25, 0.3) is 11.6 Å². The third kappa shape index (κ3) is 5.51. The number of carbonyl (C=O) groups is 3. The van der Waals surface area contributed by atoms with Gasteiger partial charge in [-0.2, -0.15) is 0 Å². The average molecular weight is 401 g/mol. The number of ether oxygens (including phenoxy) is 2. The summed E-state index contributed by atoms with van der Waals surface area (Å²) in [5, 5.41) is 13.5. The summed E-state index contributed by atoms with van der Waals surface area (Å²) in [5.74, 6) is -1.99. The van der Waals surface area contributed by atoms with Crippen molar-refractivity contribution in [3.05, 3.63) is 63.7 Å². The van der Waals surface area contributed by atoms with Crippen LogP contribution in [0.1, 0.15) is 20.7 Å². The molecule has 0 aromatic heterocycles. The molecule has 0 atom stereocenters. The summed E-state index contributed by atoms with van der Waals surface area (Å²) in [6.45, 7) is -0.590. The van der Waals surface area contributed by atoms with E-state index in [1.54, 1.807) is 19.0 Å². The number of nitrogens with zero attached hydrogens (tertiary/aromatic N) is 2. The summed E-state index contributed by atoms with van der Waals surface area (Å²) in [4.78, 5) is 47.7. The quantitative estimate of drug-likeness (QED) is 0.425. The van der Waals surface area contributed by atoms with E-state index in [2.05, 4.69) is 10.1 Å². The van der Waals surface area contributed by atoms with Gasteiger partial charge in [-0.05, 0) is 30.3 Å². The van der Waals surface area contributed by atoms with Crippen LogP contribution in [0.25, 0.3) is 0 Å². The summed E-state index contributed by atoms with van der Waals surface area (Å²) in [5.41, 5.74) is 0.832. The minimum Gasteiger partial charge on any atom is -0.465 e. The smallest absolute Gasteiger partial charge is 0.341 e. The molecule has 1 N–H and O–H groups in total. The van der Waals surface area contributed by atoms with Crippen LogP contribution < -0.4 is 10.2 Å². The van der Waals surface area contributed by atoms with E-state index < -0.39 is 29.4 Å². The van der Waals surface area contributed by atoms with E-state index in [1.165, 1.54) is 43.5 Å². The Morgan fingerprint density at radius 2 is 1.72 bits per heavy atom. The molecular weight excluding hydrogens is 382 g/mol. The van der Waals surface area contributed by atoms with Gasteiger partial charge < -0.3 is 19.7 Å². The number of methoxy groups -OCH3 is 1. The van der Waals surface area contributed by atoms with E-state index in [4.69, 9.17) is 4.74 Å². The second-order valence-corrected chi connectivity index (χ2v) is 6.05. The Kier molecular flexibility index (Phi) is 6.85. The average Bonchev–Trinajstić information content (AvgIpc) is 2.71. The van der Waals surface area contributed by atoms with Crippen molar-refractivity contribution in [2.24, 2.45) is 0 Å². The van der Waals surface area contributed by atoms with Crippen LogP contribution in [0.3, 0.4) is 0 Å². The standard InChI is InChI=1S/C19H19N3O7/c1-21(2)16-9-8-14(22(26)27)10-15(16)19(25)29-11-17(23)20-13-6-4-12(5-7-13)18(24)28-3/h4-10H,11H2,1-3H3,(H,20,23). The van der Waals surface area contributed by atoms with Crippen LogP contribution in [0.5, 0.6) is 0 Å². The van der Waals surface area contributed by atoms with Crippen LogP contribution in [-0.2, 0) is 14.3 Å². The SMILES string of the molecule is COC(=O)c1ccc(NC(=O)COC(=O)c2cc([N+](=O)[O-])ccc2N(C)C)cc1. The van der Waals surface area contributed by atoms with E-state index in [9.17, 15) is 24.5 Å². The Labute approximate surface area is 166 Å². The summed E-state index contributed by atoms with van der Waals surface area (Å²) < 4.78 is 9.58. The Bertz CT molecular complexity index is 939. The van der Waals surface area contributed by atoms with Crippen molar-refractivity contribution in [2.45, 2.75) is 0 Å². The number of anilines is 2. The van der Waals surface area contributed by atoms with Gasteiger partial charge >= 0.3 is 11.9 Å². The summed E-state index contributed by atoms with van der Waals surface area (Å²) >= 11 is 0. The van der Waals surface area contributed by atoms with Crippen molar-refractivity contribution < 1.29 is 28.8 Å². The van der Waals surface area contributed by atoms with Crippen molar-refractivity contribution in [3.8, 4) is 0 Å². The van der Waals surface area contributed by atoms with Gasteiger partial charge in [-0.25, -0.2) is 9.59 Å². The highest BCUT2D eigenvalue weighted by atomic mass is 16.6. The second kappa shape index (κ2) is 9.31. The fourth-order valence-electron chi connectivity index (χ4n) is 2.40. The lowest BCUT2D eigenvalue weighted by Gasteiger charge is -2.16. The Hall–Kier alpha value is -3.95. The molecule has 0 saturated carbocycles. The number of nitro groups is 1. The van der Waals surface area contributed by atoms with Gasteiger partial charge in [0.05, 0.1) is 28.8 Å². The summed E-state index contributed by atoms with van der Waals surface area (Å²) in [6.07, 6.45) is 0. The number of hydrogen-bond donors (Lipinski definition) is 1. The van der Waals surface area contributed by atoms with E-state index >= 15 is 0 Å². The highest BCUT2D eigenvalue weighted by molar-refractivity contribution is 5.99. The molecule has 152 valence electrons. The van der Waals surface area contributed by atoms with Gasteiger partial charge in [0.2, 0.25) is 0 Å². The molecule has 2 aromatic carbocycles. The van der Waals surface area contributed by atoms with Crippen molar-refractivity contribution in [3.63, 3.8) is 0 Å². The minimum atomic E-state index is -0.867. The first kappa shape index (κ1) is 21.4. The number of rotatable bonds is 7. The molecule has 0 saturated heterocycles. The fourth-order valence-corrected chi connectivity index (χ4v) is 2.40. The monoisotopic (exact) mass is 401 g/mol. The first-order valence-electron chi connectivity index (χ1n) is 8.34. The molecule has 0 fully saturated rings. The molecule has 0 aliphatic heterocycles. The normalized spacial score (nSPS) is 10.0. The van der Waals surface area contributed by atoms with Crippen molar-refractivity contribution in [2.75, 3.05) is 38.0 Å². The topological polar surface area (TPSA) is 128 Å². The third-order valence-electron chi connectivity index (χ3n) is 3.82. The molecule has 0 bridgehead atoms. The number of non-ortho nitro benzene ring substituents is 1. The number of amides is 1. The van der Waals surface area contributed by atoms with Crippen molar-refractivity contribution in [1.82, 2.24) is 0 Å². The zero-order chi connectivity index (χ0) is 21.6. The number of benzene rings is 2. The molecule has 0 heterocycles. The van der Waals surface area contributed by atoms with Crippen LogP contribution in [0.4, 0.5) is 17.1 Å². The van der Waals surface area contributed by atoms with Gasteiger partial charge in [-0.1, -0.05) is 0 Å². The maximum Gasteiger partial charge on any atom is 0.341 e. The second-order valence-electron chi connectivity index (χ2n) is 6.05.